The zero-order chi connectivity index (χ0) is 13.8. The van der Waals surface area contributed by atoms with Gasteiger partial charge in [0.15, 0.2) is 0 Å². The summed E-state index contributed by atoms with van der Waals surface area (Å²) in [6.45, 7) is 2.55. The van der Waals surface area contributed by atoms with E-state index in [1.807, 2.05) is 0 Å². The molecule has 5 heteroatoms. The van der Waals surface area contributed by atoms with Gasteiger partial charge < -0.3 is 10.8 Å². The first-order chi connectivity index (χ1) is 9.10. The van der Waals surface area contributed by atoms with Gasteiger partial charge in [-0.25, -0.2) is 4.39 Å². The minimum absolute atomic E-state index is 0.208. The standard InChI is InChI=1S/C14H19FN2OS/c15-13-6-11(14(16)19)3-4-12(13)8-17-5-1-2-10(7-17)9-18/h3-4,6,10,18H,1-2,5,7-9H2,(H2,16,19). The lowest BCUT2D eigenvalue weighted by molar-refractivity contribution is 0.115. The van der Waals surface area contributed by atoms with E-state index in [0.717, 1.165) is 25.9 Å². The van der Waals surface area contributed by atoms with Crippen molar-refractivity contribution in [3.8, 4) is 0 Å². The zero-order valence-electron chi connectivity index (χ0n) is 10.8. The van der Waals surface area contributed by atoms with Crippen LogP contribution in [0.2, 0.25) is 0 Å². The van der Waals surface area contributed by atoms with Gasteiger partial charge in [-0.15, -0.1) is 0 Å². The van der Waals surface area contributed by atoms with Crippen molar-refractivity contribution in [3.63, 3.8) is 0 Å². The first-order valence-electron chi connectivity index (χ1n) is 6.51. The Morgan fingerprint density at radius 3 is 2.95 bits per heavy atom. The van der Waals surface area contributed by atoms with Gasteiger partial charge in [0.2, 0.25) is 0 Å². The van der Waals surface area contributed by atoms with Crippen molar-refractivity contribution in [3.05, 3.63) is 35.1 Å². The van der Waals surface area contributed by atoms with E-state index in [-0.39, 0.29) is 17.4 Å². The van der Waals surface area contributed by atoms with Crippen LogP contribution < -0.4 is 5.73 Å². The van der Waals surface area contributed by atoms with E-state index >= 15 is 0 Å². The molecule has 1 atom stereocenters. The summed E-state index contributed by atoms with van der Waals surface area (Å²) in [4.78, 5) is 2.40. The predicted molar refractivity (Wildman–Crippen MR) is 77.4 cm³/mol. The van der Waals surface area contributed by atoms with Gasteiger partial charge in [0, 0.05) is 30.8 Å². The van der Waals surface area contributed by atoms with Crippen LogP contribution in [0.25, 0.3) is 0 Å². The maximum atomic E-state index is 14.0. The maximum Gasteiger partial charge on any atom is 0.128 e. The molecule has 1 aromatic carbocycles. The summed E-state index contributed by atoms with van der Waals surface area (Å²) >= 11 is 4.83. The highest BCUT2D eigenvalue weighted by atomic mass is 32.1. The van der Waals surface area contributed by atoms with E-state index in [9.17, 15) is 9.50 Å². The van der Waals surface area contributed by atoms with Crippen LogP contribution in [0.15, 0.2) is 18.2 Å². The number of rotatable bonds is 4. The van der Waals surface area contributed by atoms with Gasteiger partial charge in [-0.05, 0) is 31.4 Å². The van der Waals surface area contributed by atoms with Crippen LogP contribution in [0.1, 0.15) is 24.0 Å². The molecule has 2 rings (SSSR count). The monoisotopic (exact) mass is 282 g/mol. The Kier molecular flexibility index (Phi) is 4.85. The number of hydrogen-bond acceptors (Lipinski definition) is 3. The number of benzene rings is 1. The number of hydrogen-bond donors (Lipinski definition) is 2. The van der Waals surface area contributed by atoms with Gasteiger partial charge in [-0.2, -0.15) is 0 Å². The minimum Gasteiger partial charge on any atom is -0.396 e. The van der Waals surface area contributed by atoms with Crippen molar-refractivity contribution in [2.45, 2.75) is 19.4 Å². The average Bonchev–Trinajstić information content (AvgIpc) is 2.41. The first kappa shape index (κ1) is 14.4. The molecular weight excluding hydrogens is 263 g/mol. The fraction of sp³-hybridized carbons (Fsp3) is 0.500. The number of halogens is 1. The topological polar surface area (TPSA) is 49.5 Å². The van der Waals surface area contributed by atoms with Crippen LogP contribution in [0, 0.1) is 11.7 Å². The molecule has 0 bridgehead atoms. The first-order valence-corrected chi connectivity index (χ1v) is 6.92. The van der Waals surface area contributed by atoms with Gasteiger partial charge in [0.1, 0.15) is 10.8 Å². The molecule has 1 aliphatic heterocycles. The largest absolute Gasteiger partial charge is 0.396 e. The second-order valence-corrected chi connectivity index (χ2v) is 5.54. The molecule has 104 valence electrons. The number of nitrogens with zero attached hydrogens (tertiary/aromatic N) is 1. The lowest BCUT2D eigenvalue weighted by Gasteiger charge is -2.31. The van der Waals surface area contributed by atoms with Gasteiger partial charge in [-0.3, -0.25) is 4.90 Å². The maximum absolute atomic E-state index is 14.0. The van der Waals surface area contributed by atoms with Crippen molar-refractivity contribution >= 4 is 17.2 Å². The molecule has 1 heterocycles. The van der Waals surface area contributed by atoms with Crippen molar-refractivity contribution in [1.29, 1.82) is 0 Å². The Hall–Kier alpha value is -1.04. The second kappa shape index (κ2) is 6.41. The van der Waals surface area contributed by atoms with Crippen molar-refractivity contribution in [2.75, 3.05) is 19.7 Å². The van der Waals surface area contributed by atoms with E-state index in [4.69, 9.17) is 18.0 Å². The van der Waals surface area contributed by atoms with Crippen LogP contribution in [0.3, 0.4) is 0 Å². The molecule has 1 saturated heterocycles. The number of nitrogens with two attached hydrogens (primary N) is 1. The summed E-state index contributed by atoms with van der Waals surface area (Å²) < 4.78 is 14.0. The van der Waals surface area contributed by atoms with E-state index < -0.39 is 0 Å². The lowest BCUT2D eigenvalue weighted by atomic mass is 9.98. The fourth-order valence-electron chi connectivity index (χ4n) is 2.51. The van der Waals surface area contributed by atoms with E-state index in [0.29, 0.717) is 23.6 Å². The van der Waals surface area contributed by atoms with Crippen LogP contribution in [-0.2, 0) is 6.54 Å². The molecule has 0 spiro atoms. The van der Waals surface area contributed by atoms with Gasteiger partial charge in [0.25, 0.3) is 0 Å². The highest BCUT2D eigenvalue weighted by molar-refractivity contribution is 7.80. The van der Waals surface area contributed by atoms with Crippen molar-refractivity contribution in [1.82, 2.24) is 4.90 Å². The average molecular weight is 282 g/mol. The van der Waals surface area contributed by atoms with E-state index in [1.54, 1.807) is 12.1 Å². The molecular formula is C14H19FN2OS. The molecule has 0 amide bonds. The highest BCUT2D eigenvalue weighted by Gasteiger charge is 2.20. The Morgan fingerprint density at radius 1 is 1.53 bits per heavy atom. The molecule has 0 radical (unpaired) electrons. The molecule has 0 saturated carbocycles. The summed E-state index contributed by atoms with van der Waals surface area (Å²) in [6, 6.07) is 4.89. The smallest absolute Gasteiger partial charge is 0.128 e. The van der Waals surface area contributed by atoms with Crippen LogP contribution >= 0.6 is 12.2 Å². The summed E-state index contributed by atoms with van der Waals surface area (Å²) in [6.07, 6.45) is 2.10. The Labute approximate surface area is 118 Å². The number of aliphatic hydroxyl groups excluding tert-OH is 1. The summed E-state index contributed by atoms with van der Waals surface area (Å²) in [7, 11) is 0. The predicted octanol–water partition coefficient (Wildman–Crippen LogP) is 1.66. The lowest BCUT2D eigenvalue weighted by Crippen LogP contribution is -2.36. The zero-order valence-corrected chi connectivity index (χ0v) is 11.6. The highest BCUT2D eigenvalue weighted by Crippen LogP contribution is 2.19. The molecule has 3 nitrogen and oxygen atoms in total. The fourth-order valence-corrected chi connectivity index (χ4v) is 2.64. The van der Waals surface area contributed by atoms with E-state index in [2.05, 4.69) is 4.90 Å². The number of piperidine rings is 1. The molecule has 1 unspecified atom stereocenters. The third-order valence-corrected chi connectivity index (χ3v) is 3.83. The quantitative estimate of drug-likeness (QED) is 0.825. The van der Waals surface area contributed by atoms with Crippen LogP contribution in [-0.4, -0.2) is 34.7 Å². The molecule has 0 aliphatic carbocycles. The summed E-state index contributed by atoms with van der Waals surface area (Å²) in [5.41, 5.74) is 6.69. The Bertz CT molecular complexity index is 467. The molecule has 3 N–H and O–H groups in total. The number of likely N-dealkylation sites (tertiary alicyclic amines) is 1. The normalized spacial score (nSPS) is 20.4. The number of thiocarbonyl (C=S) groups is 1. The third kappa shape index (κ3) is 3.72. The van der Waals surface area contributed by atoms with Crippen LogP contribution in [0.5, 0.6) is 0 Å². The van der Waals surface area contributed by atoms with Gasteiger partial charge in [-0.1, -0.05) is 24.4 Å². The Morgan fingerprint density at radius 2 is 2.32 bits per heavy atom. The second-order valence-electron chi connectivity index (χ2n) is 5.10. The number of aliphatic hydroxyl groups is 1. The third-order valence-electron chi connectivity index (χ3n) is 3.59. The molecule has 19 heavy (non-hydrogen) atoms. The summed E-state index contributed by atoms with van der Waals surface area (Å²) in [5.74, 6) is 0.0455. The Balaban J connectivity index is 2.04. The SMILES string of the molecule is NC(=S)c1ccc(CN2CCCC(CO)C2)c(F)c1. The molecule has 1 aliphatic rings. The molecule has 1 aromatic rings. The summed E-state index contributed by atoms with van der Waals surface area (Å²) in [5, 5.41) is 9.20. The van der Waals surface area contributed by atoms with E-state index in [1.165, 1.54) is 6.07 Å². The van der Waals surface area contributed by atoms with Gasteiger partial charge in [0.05, 0.1) is 0 Å². The van der Waals surface area contributed by atoms with Crippen LogP contribution in [0.4, 0.5) is 4.39 Å². The van der Waals surface area contributed by atoms with Crippen molar-refractivity contribution in [2.24, 2.45) is 11.7 Å². The van der Waals surface area contributed by atoms with Gasteiger partial charge >= 0.3 is 0 Å². The molecule has 0 aromatic heterocycles. The minimum atomic E-state index is -0.267. The van der Waals surface area contributed by atoms with Crippen molar-refractivity contribution < 1.29 is 9.50 Å². The molecule has 1 fully saturated rings.